The van der Waals surface area contributed by atoms with Crippen LogP contribution in [0.3, 0.4) is 0 Å². The third-order valence-corrected chi connectivity index (χ3v) is 3.30. The minimum absolute atomic E-state index is 0.126. The van der Waals surface area contributed by atoms with Crippen LogP contribution in [-0.4, -0.2) is 17.0 Å². The average molecular weight is 287 g/mol. The van der Waals surface area contributed by atoms with Crippen molar-refractivity contribution in [3.8, 4) is 0 Å². The number of hydrogen-bond donors (Lipinski definition) is 2. The highest BCUT2D eigenvalue weighted by atomic mass is 16.4. The first-order valence-corrected chi connectivity index (χ1v) is 6.67. The number of furan rings is 1. The number of benzene rings is 1. The first kappa shape index (κ1) is 14.8. The number of aromatic carboxylic acids is 1. The van der Waals surface area contributed by atoms with Crippen molar-refractivity contribution >= 4 is 17.6 Å². The number of aryl methyl sites for hydroxylation is 3. The third-order valence-electron chi connectivity index (χ3n) is 3.30. The highest BCUT2D eigenvalue weighted by Gasteiger charge is 2.15. The molecule has 0 fully saturated rings. The summed E-state index contributed by atoms with van der Waals surface area (Å²) in [6.07, 6.45) is 0.715. The molecule has 2 N–H and O–H groups in total. The summed E-state index contributed by atoms with van der Waals surface area (Å²) < 4.78 is 5.49. The Labute approximate surface area is 122 Å². The molecule has 21 heavy (non-hydrogen) atoms. The monoisotopic (exact) mass is 287 g/mol. The smallest absolute Gasteiger partial charge is 0.335 e. The van der Waals surface area contributed by atoms with Crippen molar-refractivity contribution in [1.82, 2.24) is 0 Å². The normalized spacial score (nSPS) is 10.4. The molecule has 110 valence electrons. The lowest BCUT2D eigenvalue weighted by atomic mass is 10.1. The first-order chi connectivity index (χ1) is 9.92. The molecule has 2 rings (SSSR count). The fourth-order valence-electron chi connectivity index (χ4n) is 2.06. The summed E-state index contributed by atoms with van der Waals surface area (Å²) >= 11 is 0. The summed E-state index contributed by atoms with van der Waals surface area (Å²) in [4.78, 5) is 23.2. The zero-order valence-corrected chi connectivity index (χ0v) is 12.2. The summed E-state index contributed by atoms with van der Waals surface area (Å²) in [7, 11) is 0. The Balaban J connectivity index is 2.26. The van der Waals surface area contributed by atoms with Crippen LogP contribution < -0.4 is 5.32 Å². The molecule has 1 heterocycles. The molecule has 0 radical (unpaired) electrons. The van der Waals surface area contributed by atoms with E-state index in [1.807, 2.05) is 13.8 Å². The maximum Gasteiger partial charge on any atom is 0.335 e. The maximum absolute atomic E-state index is 12.2. The van der Waals surface area contributed by atoms with E-state index < -0.39 is 5.97 Å². The van der Waals surface area contributed by atoms with E-state index in [2.05, 4.69) is 5.32 Å². The summed E-state index contributed by atoms with van der Waals surface area (Å²) in [5.41, 5.74) is 2.30. The number of hydrogen-bond acceptors (Lipinski definition) is 3. The second-order valence-electron chi connectivity index (χ2n) is 4.86. The van der Waals surface area contributed by atoms with Crippen molar-refractivity contribution in [3.05, 3.63) is 52.5 Å². The van der Waals surface area contributed by atoms with Crippen LogP contribution in [0.4, 0.5) is 5.69 Å². The lowest BCUT2D eigenvalue weighted by Crippen LogP contribution is -2.12. The van der Waals surface area contributed by atoms with Crippen LogP contribution in [0, 0.1) is 13.8 Å². The summed E-state index contributed by atoms with van der Waals surface area (Å²) in [6, 6.07) is 6.28. The van der Waals surface area contributed by atoms with E-state index in [1.165, 1.54) is 12.1 Å². The predicted molar refractivity (Wildman–Crippen MR) is 78.9 cm³/mol. The van der Waals surface area contributed by atoms with Gasteiger partial charge >= 0.3 is 5.97 Å². The third kappa shape index (κ3) is 3.13. The van der Waals surface area contributed by atoms with E-state index >= 15 is 0 Å². The van der Waals surface area contributed by atoms with Gasteiger partial charge in [0.2, 0.25) is 0 Å². The van der Waals surface area contributed by atoms with E-state index in [-0.39, 0.29) is 17.2 Å². The van der Waals surface area contributed by atoms with E-state index in [4.69, 9.17) is 9.52 Å². The quantitative estimate of drug-likeness (QED) is 0.903. The molecule has 0 aliphatic rings. The molecule has 0 aliphatic heterocycles. The molecule has 0 atom stereocenters. The summed E-state index contributed by atoms with van der Waals surface area (Å²) in [6.45, 7) is 5.63. The van der Waals surface area contributed by atoms with Gasteiger partial charge in [-0.2, -0.15) is 0 Å². The van der Waals surface area contributed by atoms with Crippen molar-refractivity contribution in [1.29, 1.82) is 0 Å². The van der Waals surface area contributed by atoms with Gasteiger partial charge in [-0.15, -0.1) is 0 Å². The molecule has 0 unspecified atom stereocenters. The van der Waals surface area contributed by atoms with Gasteiger partial charge in [0.1, 0.15) is 5.76 Å². The number of carboxylic acids is 1. The SMILES string of the molecule is CCc1oc(C(=O)Nc2cc(C(=O)O)ccc2C)cc1C. The Bertz CT molecular complexity index is 700. The molecule has 5 heteroatoms. The predicted octanol–water partition coefficient (Wildman–Crippen LogP) is 3.41. The number of carboxylic acid groups (broad SMARTS) is 1. The van der Waals surface area contributed by atoms with Gasteiger partial charge < -0.3 is 14.8 Å². The standard InChI is InChI=1S/C16H17NO4/c1-4-13-10(3)7-14(21-13)15(18)17-12-8-11(16(19)20)6-5-9(12)2/h5-8H,4H2,1-3H3,(H,17,18)(H,19,20). The Morgan fingerprint density at radius 3 is 2.48 bits per heavy atom. The minimum atomic E-state index is -1.03. The highest BCUT2D eigenvalue weighted by molar-refractivity contribution is 6.03. The fourth-order valence-corrected chi connectivity index (χ4v) is 2.06. The Kier molecular flexibility index (Phi) is 4.12. The van der Waals surface area contributed by atoms with Gasteiger partial charge in [0.05, 0.1) is 5.56 Å². The Morgan fingerprint density at radius 1 is 1.19 bits per heavy atom. The zero-order chi connectivity index (χ0) is 15.6. The molecule has 2 aromatic rings. The van der Waals surface area contributed by atoms with E-state index in [0.29, 0.717) is 12.1 Å². The molecule has 1 amide bonds. The van der Waals surface area contributed by atoms with E-state index in [9.17, 15) is 9.59 Å². The van der Waals surface area contributed by atoms with Gasteiger partial charge in [-0.3, -0.25) is 4.79 Å². The minimum Gasteiger partial charge on any atom is -0.478 e. The molecule has 0 bridgehead atoms. The molecular weight excluding hydrogens is 270 g/mol. The molecular formula is C16H17NO4. The van der Waals surface area contributed by atoms with E-state index in [0.717, 1.165) is 16.9 Å². The number of carbonyl (C=O) groups is 2. The zero-order valence-electron chi connectivity index (χ0n) is 12.2. The number of anilines is 1. The van der Waals surface area contributed by atoms with Crippen LogP contribution in [0.2, 0.25) is 0 Å². The number of carbonyl (C=O) groups excluding carboxylic acids is 1. The van der Waals surface area contributed by atoms with Crippen LogP contribution in [-0.2, 0) is 6.42 Å². The largest absolute Gasteiger partial charge is 0.478 e. The Hall–Kier alpha value is -2.56. The molecule has 0 saturated carbocycles. The topological polar surface area (TPSA) is 79.5 Å². The molecule has 0 spiro atoms. The number of rotatable bonds is 4. The van der Waals surface area contributed by atoms with Crippen molar-refractivity contribution in [2.45, 2.75) is 27.2 Å². The van der Waals surface area contributed by atoms with Crippen molar-refractivity contribution < 1.29 is 19.1 Å². The summed E-state index contributed by atoms with van der Waals surface area (Å²) in [5.74, 6) is -0.420. The van der Waals surface area contributed by atoms with Crippen LogP contribution in [0.5, 0.6) is 0 Å². The number of amides is 1. The molecule has 1 aromatic carbocycles. The van der Waals surface area contributed by atoms with Gasteiger partial charge in [-0.05, 0) is 43.2 Å². The molecule has 1 aromatic heterocycles. The summed E-state index contributed by atoms with van der Waals surface area (Å²) in [5, 5.41) is 11.7. The lowest BCUT2D eigenvalue weighted by molar-refractivity contribution is 0.0696. The molecule has 0 aliphatic carbocycles. The first-order valence-electron chi connectivity index (χ1n) is 6.67. The fraction of sp³-hybridized carbons (Fsp3) is 0.250. The second-order valence-corrected chi connectivity index (χ2v) is 4.86. The lowest BCUT2D eigenvalue weighted by Gasteiger charge is -2.08. The highest BCUT2D eigenvalue weighted by Crippen LogP contribution is 2.20. The van der Waals surface area contributed by atoms with E-state index in [1.54, 1.807) is 19.1 Å². The van der Waals surface area contributed by atoms with Crippen LogP contribution in [0.15, 0.2) is 28.7 Å². The van der Waals surface area contributed by atoms with Gasteiger partial charge in [0, 0.05) is 12.1 Å². The van der Waals surface area contributed by atoms with Crippen molar-refractivity contribution in [3.63, 3.8) is 0 Å². The maximum atomic E-state index is 12.2. The van der Waals surface area contributed by atoms with Crippen LogP contribution >= 0.6 is 0 Å². The second kappa shape index (κ2) is 5.83. The molecule has 0 saturated heterocycles. The Morgan fingerprint density at radius 2 is 1.90 bits per heavy atom. The van der Waals surface area contributed by atoms with Crippen molar-refractivity contribution in [2.75, 3.05) is 5.32 Å². The van der Waals surface area contributed by atoms with Crippen molar-refractivity contribution in [2.24, 2.45) is 0 Å². The van der Waals surface area contributed by atoms with Crippen LogP contribution in [0.25, 0.3) is 0 Å². The van der Waals surface area contributed by atoms with Gasteiger partial charge in [-0.1, -0.05) is 13.0 Å². The van der Waals surface area contributed by atoms with Gasteiger partial charge in [0.15, 0.2) is 5.76 Å². The van der Waals surface area contributed by atoms with Crippen LogP contribution in [0.1, 0.15) is 44.7 Å². The average Bonchev–Trinajstić information content (AvgIpc) is 2.82. The number of nitrogens with one attached hydrogen (secondary N) is 1. The van der Waals surface area contributed by atoms with Gasteiger partial charge in [-0.25, -0.2) is 4.79 Å². The molecule has 5 nitrogen and oxygen atoms in total. The van der Waals surface area contributed by atoms with Gasteiger partial charge in [0.25, 0.3) is 5.91 Å².